The normalized spacial score (nSPS) is 25.7. The van der Waals surface area contributed by atoms with E-state index in [-0.39, 0.29) is 17.6 Å². The summed E-state index contributed by atoms with van der Waals surface area (Å²) in [7, 11) is 0. The molecule has 1 aromatic carbocycles. The number of aliphatic hydroxyl groups excluding tert-OH is 1. The molecule has 0 aliphatic heterocycles. The smallest absolute Gasteiger partial charge is 0.119 e. The molecule has 1 aliphatic carbocycles. The molecular weight excluding hydrogens is 226 g/mol. The van der Waals surface area contributed by atoms with Gasteiger partial charge < -0.3 is 15.2 Å². The Kier molecular flexibility index (Phi) is 3.53. The molecule has 0 saturated heterocycles. The average molecular weight is 249 g/mol. The first-order valence-corrected chi connectivity index (χ1v) is 6.61. The van der Waals surface area contributed by atoms with E-state index in [4.69, 9.17) is 4.74 Å². The molecule has 100 valence electrons. The monoisotopic (exact) mass is 249 g/mol. The molecule has 2 N–H and O–H groups in total. The lowest BCUT2D eigenvalue weighted by Gasteiger charge is -2.49. The van der Waals surface area contributed by atoms with Gasteiger partial charge in [0, 0.05) is 17.1 Å². The molecule has 2 rings (SSSR count). The van der Waals surface area contributed by atoms with Crippen LogP contribution in [-0.4, -0.2) is 23.4 Å². The Morgan fingerprint density at radius 1 is 1.28 bits per heavy atom. The zero-order chi connectivity index (χ0) is 13.3. The van der Waals surface area contributed by atoms with Crippen molar-refractivity contribution in [2.24, 2.45) is 5.41 Å². The van der Waals surface area contributed by atoms with Crippen molar-refractivity contribution in [2.75, 3.05) is 5.32 Å². The van der Waals surface area contributed by atoms with Gasteiger partial charge in [-0.15, -0.1) is 0 Å². The van der Waals surface area contributed by atoms with Crippen molar-refractivity contribution in [2.45, 2.75) is 52.4 Å². The Bertz CT molecular complexity index is 397. The van der Waals surface area contributed by atoms with Gasteiger partial charge in [0.15, 0.2) is 0 Å². The molecule has 0 bridgehead atoms. The summed E-state index contributed by atoms with van der Waals surface area (Å²) in [4.78, 5) is 0. The van der Waals surface area contributed by atoms with Crippen LogP contribution in [0.25, 0.3) is 0 Å². The summed E-state index contributed by atoms with van der Waals surface area (Å²) >= 11 is 0. The van der Waals surface area contributed by atoms with Gasteiger partial charge in [-0.2, -0.15) is 0 Å². The van der Waals surface area contributed by atoms with Crippen LogP contribution in [0.1, 0.15) is 34.1 Å². The van der Waals surface area contributed by atoms with E-state index in [0.717, 1.165) is 17.9 Å². The van der Waals surface area contributed by atoms with Gasteiger partial charge in [0.1, 0.15) is 5.75 Å². The van der Waals surface area contributed by atoms with E-state index in [9.17, 15) is 5.11 Å². The van der Waals surface area contributed by atoms with E-state index in [2.05, 4.69) is 19.2 Å². The Morgan fingerprint density at radius 3 is 2.33 bits per heavy atom. The number of benzene rings is 1. The molecule has 1 aromatic rings. The number of rotatable bonds is 4. The number of hydrogen-bond donors (Lipinski definition) is 2. The molecule has 3 nitrogen and oxygen atoms in total. The van der Waals surface area contributed by atoms with Crippen molar-refractivity contribution >= 4 is 5.69 Å². The predicted octanol–water partition coefficient (Wildman–Crippen LogP) is 3.05. The fourth-order valence-corrected chi connectivity index (χ4v) is 2.25. The quantitative estimate of drug-likeness (QED) is 0.861. The summed E-state index contributed by atoms with van der Waals surface area (Å²) < 4.78 is 5.60. The second-order valence-corrected chi connectivity index (χ2v) is 5.96. The van der Waals surface area contributed by atoms with Crippen LogP contribution in [0.3, 0.4) is 0 Å². The highest BCUT2D eigenvalue weighted by atomic mass is 16.5. The third-order valence-electron chi connectivity index (χ3n) is 3.78. The van der Waals surface area contributed by atoms with Crippen LogP contribution < -0.4 is 10.1 Å². The molecule has 2 atom stereocenters. The molecule has 1 saturated carbocycles. The standard InChI is InChI=1S/C15H23NO2/c1-10(2)18-12-7-5-11(6-8-12)16-13-9-14(17)15(13,3)4/h5-8,10,13-14,16-17H,9H2,1-4H3. The highest BCUT2D eigenvalue weighted by molar-refractivity contribution is 5.48. The molecule has 0 heterocycles. The Balaban J connectivity index is 1.95. The topological polar surface area (TPSA) is 41.5 Å². The van der Waals surface area contributed by atoms with Crippen molar-refractivity contribution < 1.29 is 9.84 Å². The second-order valence-electron chi connectivity index (χ2n) is 5.96. The van der Waals surface area contributed by atoms with Crippen molar-refractivity contribution in [1.29, 1.82) is 0 Å². The van der Waals surface area contributed by atoms with Crippen LogP contribution in [0.5, 0.6) is 5.75 Å². The first-order chi connectivity index (χ1) is 8.39. The summed E-state index contributed by atoms with van der Waals surface area (Å²) in [6, 6.07) is 8.34. The summed E-state index contributed by atoms with van der Waals surface area (Å²) in [6.07, 6.45) is 0.820. The minimum atomic E-state index is -0.196. The first-order valence-electron chi connectivity index (χ1n) is 6.61. The highest BCUT2D eigenvalue weighted by Crippen LogP contribution is 2.42. The van der Waals surface area contributed by atoms with E-state index < -0.39 is 0 Å². The van der Waals surface area contributed by atoms with Gasteiger partial charge in [0.05, 0.1) is 12.2 Å². The maximum atomic E-state index is 9.71. The van der Waals surface area contributed by atoms with Crippen LogP contribution in [0, 0.1) is 5.41 Å². The van der Waals surface area contributed by atoms with Crippen LogP contribution in [-0.2, 0) is 0 Å². The maximum Gasteiger partial charge on any atom is 0.119 e. The zero-order valence-electron chi connectivity index (χ0n) is 11.6. The van der Waals surface area contributed by atoms with Gasteiger partial charge in [0.2, 0.25) is 0 Å². The van der Waals surface area contributed by atoms with Gasteiger partial charge in [-0.05, 0) is 44.5 Å². The third kappa shape index (κ3) is 2.61. The number of ether oxygens (including phenoxy) is 1. The molecule has 0 radical (unpaired) electrons. The highest BCUT2D eigenvalue weighted by Gasteiger charge is 2.47. The van der Waals surface area contributed by atoms with Crippen LogP contribution >= 0.6 is 0 Å². The first kappa shape index (κ1) is 13.2. The summed E-state index contributed by atoms with van der Waals surface area (Å²) in [5.74, 6) is 0.892. The van der Waals surface area contributed by atoms with Crippen molar-refractivity contribution in [3.8, 4) is 5.75 Å². The number of aliphatic hydroxyl groups is 1. The van der Waals surface area contributed by atoms with E-state index in [0.29, 0.717) is 6.04 Å². The molecule has 1 aliphatic rings. The van der Waals surface area contributed by atoms with Gasteiger partial charge in [-0.3, -0.25) is 0 Å². The van der Waals surface area contributed by atoms with Crippen LogP contribution in [0.2, 0.25) is 0 Å². The maximum absolute atomic E-state index is 9.71. The lowest BCUT2D eigenvalue weighted by Crippen LogP contribution is -2.56. The predicted molar refractivity (Wildman–Crippen MR) is 74.0 cm³/mol. The minimum absolute atomic E-state index is 0.0485. The summed E-state index contributed by atoms with van der Waals surface area (Å²) in [5, 5.41) is 13.2. The number of nitrogens with one attached hydrogen (secondary N) is 1. The van der Waals surface area contributed by atoms with Gasteiger partial charge >= 0.3 is 0 Å². The molecule has 0 spiro atoms. The Labute approximate surface area is 109 Å². The van der Waals surface area contributed by atoms with Crippen LogP contribution in [0.15, 0.2) is 24.3 Å². The van der Waals surface area contributed by atoms with E-state index >= 15 is 0 Å². The van der Waals surface area contributed by atoms with Crippen molar-refractivity contribution in [3.63, 3.8) is 0 Å². The summed E-state index contributed by atoms with van der Waals surface area (Å²) in [5.41, 5.74) is 1.03. The largest absolute Gasteiger partial charge is 0.491 e. The molecule has 3 heteroatoms. The van der Waals surface area contributed by atoms with Crippen molar-refractivity contribution in [1.82, 2.24) is 0 Å². The third-order valence-corrected chi connectivity index (χ3v) is 3.78. The summed E-state index contributed by atoms with van der Waals surface area (Å²) in [6.45, 7) is 8.22. The van der Waals surface area contributed by atoms with Crippen LogP contribution in [0.4, 0.5) is 5.69 Å². The fraction of sp³-hybridized carbons (Fsp3) is 0.600. The van der Waals surface area contributed by atoms with Gasteiger partial charge in [-0.25, -0.2) is 0 Å². The zero-order valence-corrected chi connectivity index (χ0v) is 11.6. The van der Waals surface area contributed by atoms with Gasteiger partial charge in [-0.1, -0.05) is 13.8 Å². The van der Waals surface area contributed by atoms with Crippen molar-refractivity contribution in [3.05, 3.63) is 24.3 Å². The average Bonchev–Trinajstić information content (AvgIpc) is 2.30. The molecule has 1 fully saturated rings. The Morgan fingerprint density at radius 2 is 1.89 bits per heavy atom. The SMILES string of the molecule is CC(C)Oc1ccc(NC2CC(O)C2(C)C)cc1. The van der Waals surface area contributed by atoms with Gasteiger partial charge in [0.25, 0.3) is 0 Å². The molecule has 2 unspecified atom stereocenters. The minimum Gasteiger partial charge on any atom is -0.491 e. The van der Waals surface area contributed by atoms with E-state index in [1.807, 2.05) is 38.1 Å². The Hall–Kier alpha value is -1.22. The van der Waals surface area contributed by atoms with E-state index in [1.165, 1.54) is 0 Å². The fourth-order valence-electron chi connectivity index (χ4n) is 2.25. The molecule has 0 amide bonds. The number of hydrogen-bond acceptors (Lipinski definition) is 3. The lowest BCUT2D eigenvalue weighted by molar-refractivity contribution is -0.0510. The second kappa shape index (κ2) is 4.81. The molecule has 0 aromatic heterocycles. The lowest BCUT2D eigenvalue weighted by atomic mass is 9.64. The molecule has 18 heavy (non-hydrogen) atoms. The molecular formula is C15H23NO2. The van der Waals surface area contributed by atoms with E-state index in [1.54, 1.807) is 0 Å². The number of anilines is 1.